The fraction of sp³-hybridized carbons (Fsp3) is 0.364. The molecule has 0 saturated carbocycles. The molecule has 260 valence electrons. The van der Waals surface area contributed by atoms with E-state index in [9.17, 15) is 8.78 Å². The summed E-state index contributed by atoms with van der Waals surface area (Å²) in [5, 5.41) is 4.58. The van der Waals surface area contributed by atoms with Gasteiger partial charge in [-0.2, -0.15) is 0 Å². The number of fused-ring (bicyclic) bond motifs is 1. The summed E-state index contributed by atoms with van der Waals surface area (Å²) in [6.45, 7) is 9.11. The Morgan fingerprint density at radius 1 is 0.580 bits per heavy atom. The fourth-order valence-electron chi connectivity index (χ4n) is 7.01. The van der Waals surface area contributed by atoms with Crippen LogP contribution >= 0.6 is 22.7 Å². The fourth-order valence-corrected chi connectivity index (χ4v) is 8.92. The van der Waals surface area contributed by atoms with Gasteiger partial charge in [0, 0.05) is 32.0 Å². The predicted octanol–water partition coefficient (Wildman–Crippen LogP) is 14.2. The monoisotopic (exact) mass is 706 g/mol. The first-order valence-corrected chi connectivity index (χ1v) is 20.2. The molecular formula is C44H48F2N2S2. The van der Waals surface area contributed by atoms with Crippen LogP contribution in [-0.4, -0.2) is 9.97 Å². The second-order valence-corrected chi connectivity index (χ2v) is 15.5. The lowest BCUT2D eigenvalue weighted by Gasteiger charge is -2.15. The van der Waals surface area contributed by atoms with Crippen molar-refractivity contribution in [2.75, 3.05) is 0 Å². The number of benzene rings is 3. The molecule has 6 aromatic rings. The molecule has 0 aliphatic heterocycles. The number of hydrogen-bond acceptors (Lipinski definition) is 4. The highest BCUT2D eigenvalue weighted by Crippen LogP contribution is 2.42. The Hall–Kier alpha value is -3.74. The second-order valence-electron chi connectivity index (χ2n) is 13.7. The van der Waals surface area contributed by atoms with Crippen molar-refractivity contribution in [1.82, 2.24) is 9.97 Å². The molecule has 3 heterocycles. The lowest BCUT2D eigenvalue weighted by Crippen LogP contribution is -2.02. The van der Waals surface area contributed by atoms with Gasteiger partial charge in [0.05, 0.1) is 22.4 Å². The largest absolute Gasteiger partial charge is 0.243 e. The summed E-state index contributed by atoms with van der Waals surface area (Å²) in [6.07, 6.45) is 12.0. The molecule has 3 aromatic heterocycles. The molecule has 0 fully saturated rings. The van der Waals surface area contributed by atoms with Crippen LogP contribution in [0, 0.1) is 23.5 Å². The molecule has 2 unspecified atom stereocenters. The minimum atomic E-state index is -0.351. The number of nitrogens with zero attached hydrogens (tertiary/aromatic N) is 2. The van der Waals surface area contributed by atoms with Gasteiger partial charge in [-0.15, -0.1) is 22.7 Å². The third-order valence-electron chi connectivity index (χ3n) is 9.99. The summed E-state index contributed by atoms with van der Waals surface area (Å²) in [6, 6.07) is 21.9. The minimum absolute atomic E-state index is 0.351. The van der Waals surface area contributed by atoms with E-state index in [-0.39, 0.29) is 11.6 Å². The number of unbranched alkanes of at least 4 members (excludes halogenated alkanes) is 2. The van der Waals surface area contributed by atoms with Crippen molar-refractivity contribution < 1.29 is 8.78 Å². The average Bonchev–Trinajstić information content (AvgIpc) is 3.80. The molecule has 0 radical (unpaired) electrons. The molecule has 2 nitrogen and oxygen atoms in total. The van der Waals surface area contributed by atoms with Crippen molar-refractivity contribution in [2.45, 2.75) is 91.9 Å². The summed E-state index contributed by atoms with van der Waals surface area (Å²) in [7, 11) is 0. The van der Waals surface area contributed by atoms with Gasteiger partial charge in [-0.3, -0.25) is 0 Å². The van der Waals surface area contributed by atoms with Gasteiger partial charge in [0.15, 0.2) is 0 Å². The van der Waals surface area contributed by atoms with E-state index >= 15 is 0 Å². The average molecular weight is 707 g/mol. The minimum Gasteiger partial charge on any atom is -0.243 e. The van der Waals surface area contributed by atoms with Gasteiger partial charge in [-0.05, 0) is 83.0 Å². The van der Waals surface area contributed by atoms with Crippen LogP contribution in [0.25, 0.3) is 54.4 Å². The normalized spacial score (nSPS) is 12.8. The standard InChI is InChI=1S/C44H48F2N2S2/c1-5-9-13-29(7-3)21-31-23-39(49-27-31)37-19-20-38(40-24-32(28-50-40)22-30(8-4)14-10-6-2)44-43(37)47-41(33-15-11-17-35(45)25-33)42(48-44)34-16-12-18-36(46)26-34/h11-12,15-20,23-30H,5-10,13-14,21-22H2,1-4H3. The first-order valence-electron chi connectivity index (χ1n) is 18.4. The quantitative estimate of drug-likeness (QED) is 0.100. The van der Waals surface area contributed by atoms with Crippen molar-refractivity contribution in [3.8, 4) is 43.4 Å². The second kappa shape index (κ2) is 17.0. The summed E-state index contributed by atoms with van der Waals surface area (Å²) >= 11 is 3.49. The lowest BCUT2D eigenvalue weighted by atomic mass is 9.92. The highest BCUT2D eigenvalue weighted by molar-refractivity contribution is 7.14. The molecule has 6 rings (SSSR count). The van der Waals surface area contributed by atoms with Crippen LogP contribution in [0.1, 0.15) is 90.2 Å². The highest BCUT2D eigenvalue weighted by Gasteiger charge is 2.21. The van der Waals surface area contributed by atoms with E-state index < -0.39 is 0 Å². The van der Waals surface area contributed by atoms with E-state index in [1.807, 2.05) is 12.1 Å². The number of aromatic nitrogens is 2. The summed E-state index contributed by atoms with van der Waals surface area (Å²) in [4.78, 5) is 13.0. The van der Waals surface area contributed by atoms with Crippen molar-refractivity contribution >= 4 is 33.7 Å². The molecule has 0 saturated heterocycles. The number of hydrogen-bond donors (Lipinski definition) is 0. The molecule has 0 aliphatic rings. The Bertz CT molecular complexity index is 1880. The first kappa shape index (κ1) is 36.1. The van der Waals surface area contributed by atoms with Crippen LogP contribution < -0.4 is 0 Å². The van der Waals surface area contributed by atoms with Gasteiger partial charge in [0.2, 0.25) is 0 Å². The van der Waals surface area contributed by atoms with E-state index in [0.29, 0.717) is 34.4 Å². The maximum absolute atomic E-state index is 14.7. The van der Waals surface area contributed by atoms with Gasteiger partial charge in [-0.1, -0.05) is 115 Å². The Kier molecular flexibility index (Phi) is 12.2. The Balaban J connectivity index is 1.52. The number of thiophene rings is 2. The van der Waals surface area contributed by atoms with E-state index in [0.717, 1.165) is 44.8 Å². The zero-order valence-corrected chi connectivity index (χ0v) is 31.4. The van der Waals surface area contributed by atoms with Crippen LogP contribution in [0.2, 0.25) is 0 Å². The van der Waals surface area contributed by atoms with E-state index in [1.54, 1.807) is 34.8 Å². The van der Waals surface area contributed by atoms with Gasteiger partial charge in [-0.25, -0.2) is 18.7 Å². The third-order valence-corrected chi connectivity index (χ3v) is 12.0. The van der Waals surface area contributed by atoms with E-state index in [2.05, 4.69) is 62.7 Å². The van der Waals surface area contributed by atoms with Crippen molar-refractivity contribution in [2.24, 2.45) is 11.8 Å². The molecule has 0 spiro atoms. The summed E-state index contributed by atoms with van der Waals surface area (Å²) in [5.41, 5.74) is 8.59. The van der Waals surface area contributed by atoms with E-state index in [1.165, 1.54) is 86.8 Å². The Morgan fingerprint density at radius 2 is 1.02 bits per heavy atom. The van der Waals surface area contributed by atoms with Crippen LogP contribution in [0.4, 0.5) is 8.78 Å². The van der Waals surface area contributed by atoms with Crippen molar-refractivity contribution in [3.63, 3.8) is 0 Å². The Morgan fingerprint density at radius 3 is 1.40 bits per heavy atom. The highest BCUT2D eigenvalue weighted by atomic mass is 32.1. The van der Waals surface area contributed by atoms with Gasteiger partial charge in [0.25, 0.3) is 0 Å². The van der Waals surface area contributed by atoms with Crippen LogP contribution in [0.3, 0.4) is 0 Å². The lowest BCUT2D eigenvalue weighted by molar-refractivity contribution is 0.449. The number of halogens is 2. The molecule has 0 N–H and O–H groups in total. The molecule has 0 aliphatic carbocycles. The molecule has 2 atom stereocenters. The van der Waals surface area contributed by atoms with Gasteiger partial charge < -0.3 is 0 Å². The molecule has 50 heavy (non-hydrogen) atoms. The number of rotatable bonds is 16. The van der Waals surface area contributed by atoms with E-state index in [4.69, 9.17) is 9.97 Å². The zero-order valence-electron chi connectivity index (χ0n) is 29.8. The van der Waals surface area contributed by atoms with Gasteiger partial charge in [0.1, 0.15) is 11.6 Å². The topological polar surface area (TPSA) is 25.8 Å². The van der Waals surface area contributed by atoms with Crippen molar-refractivity contribution in [1.29, 1.82) is 0 Å². The Labute approximate surface area is 304 Å². The van der Waals surface area contributed by atoms with Crippen LogP contribution in [-0.2, 0) is 12.8 Å². The summed E-state index contributed by atoms with van der Waals surface area (Å²) in [5.74, 6) is 0.643. The molecule has 0 amide bonds. The van der Waals surface area contributed by atoms with Crippen LogP contribution in [0.15, 0.2) is 83.6 Å². The van der Waals surface area contributed by atoms with Crippen molar-refractivity contribution in [3.05, 3.63) is 106 Å². The SMILES string of the molecule is CCCCC(CC)Cc1csc(-c2ccc(-c3cc(CC(CC)CCCC)cs3)c3nc(-c4cccc(F)c4)c(-c4cccc(F)c4)nc23)c1. The molecule has 6 heteroatoms. The van der Waals surface area contributed by atoms with Gasteiger partial charge >= 0.3 is 0 Å². The third kappa shape index (κ3) is 8.41. The first-order chi connectivity index (χ1) is 24.4. The molecular weight excluding hydrogens is 659 g/mol. The smallest absolute Gasteiger partial charge is 0.123 e. The predicted molar refractivity (Wildman–Crippen MR) is 211 cm³/mol. The maximum atomic E-state index is 14.7. The molecule has 0 bridgehead atoms. The zero-order chi connectivity index (χ0) is 35.0. The summed E-state index contributed by atoms with van der Waals surface area (Å²) < 4.78 is 29.4. The van der Waals surface area contributed by atoms with Crippen LogP contribution in [0.5, 0.6) is 0 Å². The molecule has 3 aromatic carbocycles. The maximum Gasteiger partial charge on any atom is 0.123 e.